The van der Waals surface area contributed by atoms with Gasteiger partial charge in [0.05, 0.1) is 31.0 Å². The van der Waals surface area contributed by atoms with Gasteiger partial charge in [-0.3, -0.25) is 14.4 Å². The van der Waals surface area contributed by atoms with Crippen LogP contribution in [-0.2, 0) is 11.3 Å². The lowest BCUT2D eigenvalue weighted by Crippen LogP contribution is -2.46. The predicted octanol–water partition coefficient (Wildman–Crippen LogP) is 1.35. The first kappa shape index (κ1) is 16.9. The number of hydrogen-bond donors (Lipinski definition) is 1. The molecule has 0 aliphatic carbocycles. The molecule has 1 N–H and O–H groups in total. The third-order valence-corrected chi connectivity index (χ3v) is 4.48. The van der Waals surface area contributed by atoms with Gasteiger partial charge in [-0.1, -0.05) is 0 Å². The Balaban J connectivity index is 1.70. The Hall–Kier alpha value is -1.99. The van der Waals surface area contributed by atoms with E-state index in [0.717, 1.165) is 36.7 Å². The van der Waals surface area contributed by atoms with Crippen LogP contribution in [0.3, 0.4) is 0 Å². The zero-order chi connectivity index (χ0) is 17.3. The molecule has 0 bridgehead atoms. The Morgan fingerprint density at radius 1 is 1.33 bits per heavy atom. The minimum atomic E-state index is -0.100. The lowest BCUT2D eigenvalue weighted by molar-refractivity contribution is -0.0509. The molecule has 1 fully saturated rings. The van der Waals surface area contributed by atoms with E-state index in [2.05, 4.69) is 39.9 Å². The van der Waals surface area contributed by atoms with Gasteiger partial charge < -0.3 is 9.72 Å². The molecule has 1 saturated heterocycles. The van der Waals surface area contributed by atoms with Gasteiger partial charge in [-0.05, 0) is 33.8 Å². The topological polar surface area (TPSA) is 76.0 Å². The highest BCUT2D eigenvalue weighted by Gasteiger charge is 2.27. The highest BCUT2D eigenvalue weighted by atomic mass is 16.5. The van der Waals surface area contributed by atoms with Gasteiger partial charge in [-0.15, -0.1) is 0 Å². The van der Waals surface area contributed by atoms with Crippen LogP contribution in [0.15, 0.2) is 16.9 Å². The van der Waals surface area contributed by atoms with Crippen LogP contribution in [0.5, 0.6) is 0 Å². The number of aryl methyl sites for hydroxylation is 3. The Morgan fingerprint density at radius 3 is 2.79 bits per heavy atom. The Labute approximate surface area is 141 Å². The molecule has 0 aromatic carbocycles. The first-order valence-electron chi connectivity index (χ1n) is 8.37. The van der Waals surface area contributed by atoms with Crippen molar-refractivity contribution in [1.29, 1.82) is 0 Å². The quantitative estimate of drug-likeness (QED) is 0.915. The summed E-state index contributed by atoms with van der Waals surface area (Å²) in [4.78, 5) is 21.3. The smallest absolute Gasteiger partial charge is 0.251 e. The highest BCUT2D eigenvalue weighted by Crippen LogP contribution is 2.20. The summed E-state index contributed by atoms with van der Waals surface area (Å²) in [7, 11) is 0. The van der Waals surface area contributed by atoms with Crippen LogP contribution in [-0.4, -0.2) is 50.4 Å². The number of ether oxygens (including phenoxy) is 1. The fourth-order valence-corrected chi connectivity index (χ4v) is 3.23. The van der Waals surface area contributed by atoms with Crippen LogP contribution >= 0.6 is 0 Å². The highest BCUT2D eigenvalue weighted by molar-refractivity contribution is 5.07. The molecule has 3 heterocycles. The summed E-state index contributed by atoms with van der Waals surface area (Å²) in [6, 6.07) is 3.63. The van der Waals surface area contributed by atoms with Gasteiger partial charge >= 0.3 is 0 Å². The van der Waals surface area contributed by atoms with Crippen molar-refractivity contribution >= 4 is 0 Å². The van der Waals surface area contributed by atoms with Crippen molar-refractivity contribution in [1.82, 2.24) is 24.6 Å². The van der Waals surface area contributed by atoms with E-state index >= 15 is 0 Å². The van der Waals surface area contributed by atoms with E-state index in [9.17, 15) is 4.79 Å². The molecule has 0 spiro atoms. The Kier molecular flexibility index (Phi) is 4.82. The van der Waals surface area contributed by atoms with Gasteiger partial charge in [0, 0.05) is 30.5 Å². The summed E-state index contributed by atoms with van der Waals surface area (Å²) in [5, 5.41) is 4.51. The summed E-state index contributed by atoms with van der Waals surface area (Å²) in [6.07, 6.45) is 0.0794. The van der Waals surface area contributed by atoms with Crippen LogP contribution < -0.4 is 5.56 Å². The SMILES string of the molecule is Cc1cc(=O)[nH]c(C(C)N2CCOC(Cn3nc(C)cc3C)C2)n1. The van der Waals surface area contributed by atoms with Gasteiger partial charge in [0.15, 0.2) is 0 Å². The summed E-state index contributed by atoms with van der Waals surface area (Å²) >= 11 is 0. The fraction of sp³-hybridized carbons (Fsp3) is 0.588. The van der Waals surface area contributed by atoms with Crippen molar-refractivity contribution in [3.63, 3.8) is 0 Å². The molecule has 130 valence electrons. The van der Waals surface area contributed by atoms with E-state index < -0.39 is 0 Å². The number of aromatic nitrogens is 4. The zero-order valence-electron chi connectivity index (χ0n) is 14.7. The van der Waals surface area contributed by atoms with Gasteiger partial charge in [-0.2, -0.15) is 5.10 Å². The Morgan fingerprint density at radius 2 is 2.12 bits per heavy atom. The predicted molar refractivity (Wildman–Crippen MR) is 91.0 cm³/mol. The van der Waals surface area contributed by atoms with Crippen LogP contribution in [0.4, 0.5) is 0 Å². The molecule has 7 nitrogen and oxygen atoms in total. The normalized spacial score (nSPS) is 20.2. The first-order valence-corrected chi connectivity index (χ1v) is 8.37. The number of hydrogen-bond acceptors (Lipinski definition) is 5. The largest absolute Gasteiger partial charge is 0.374 e. The summed E-state index contributed by atoms with van der Waals surface area (Å²) in [5.74, 6) is 0.715. The van der Waals surface area contributed by atoms with Gasteiger partial charge in [0.1, 0.15) is 5.82 Å². The monoisotopic (exact) mass is 331 g/mol. The minimum Gasteiger partial charge on any atom is -0.374 e. The van der Waals surface area contributed by atoms with Crippen molar-refractivity contribution < 1.29 is 4.74 Å². The molecule has 0 radical (unpaired) electrons. The summed E-state index contributed by atoms with van der Waals surface area (Å²) in [6.45, 7) is 11.0. The van der Waals surface area contributed by atoms with E-state index in [1.165, 1.54) is 6.07 Å². The van der Waals surface area contributed by atoms with Crippen LogP contribution in [0.1, 0.15) is 35.9 Å². The summed E-state index contributed by atoms with van der Waals surface area (Å²) < 4.78 is 7.92. The molecule has 2 unspecified atom stereocenters. The van der Waals surface area contributed by atoms with Gasteiger partial charge in [0.2, 0.25) is 0 Å². The van der Waals surface area contributed by atoms with Crippen LogP contribution in [0, 0.1) is 20.8 Å². The van der Waals surface area contributed by atoms with Crippen LogP contribution in [0.2, 0.25) is 0 Å². The molecule has 2 atom stereocenters. The first-order chi connectivity index (χ1) is 11.4. The zero-order valence-corrected chi connectivity index (χ0v) is 14.7. The molecule has 2 aromatic heterocycles. The average Bonchev–Trinajstić information content (AvgIpc) is 2.83. The lowest BCUT2D eigenvalue weighted by Gasteiger charge is -2.36. The molecular formula is C17H25N5O2. The van der Waals surface area contributed by atoms with Crippen molar-refractivity contribution in [3.05, 3.63) is 45.4 Å². The molecule has 1 aliphatic rings. The fourth-order valence-electron chi connectivity index (χ4n) is 3.23. The minimum absolute atomic E-state index is 0.0458. The van der Waals surface area contributed by atoms with E-state index in [-0.39, 0.29) is 17.7 Å². The summed E-state index contributed by atoms with van der Waals surface area (Å²) in [5.41, 5.74) is 2.81. The van der Waals surface area contributed by atoms with E-state index in [4.69, 9.17) is 4.74 Å². The maximum absolute atomic E-state index is 11.7. The van der Waals surface area contributed by atoms with E-state index in [0.29, 0.717) is 12.4 Å². The Bertz CT molecular complexity index is 767. The second-order valence-electron chi connectivity index (χ2n) is 6.54. The van der Waals surface area contributed by atoms with E-state index in [1.54, 1.807) is 0 Å². The molecule has 3 rings (SSSR count). The molecular weight excluding hydrogens is 306 g/mol. The number of nitrogens with one attached hydrogen (secondary N) is 1. The number of morpholine rings is 1. The van der Waals surface area contributed by atoms with Crippen molar-refractivity contribution in [2.24, 2.45) is 0 Å². The van der Waals surface area contributed by atoms with E-state index in [1.807, 2.05) is 18.5 Å². The average molecular weight is 331 g/mol. The molecule has 0 saturated carbocycles. The van der Waals surface area contributed by atoms with Crippen molar-refractivity contribution in [3.8, 4) is 0 Å². The molecule has 24 heavy (non-hydrogen) atoms. The molecule has 1 aliphatic heterocycles. The van der Waals surface area contributed by atoms with Crippen molar-refractivity contribution in [2.75, 3.05) is 19.7 Å². The van der Waals surface area contributed by atoms with Gasteiger partial charge in [-0.25, -0.2) is 4.98 Å². The third kappa shape index (κ3) is 3.73. The number of aromatic amines is 1. The third-order valence-electron chi connectivity index (χ3n) is 4.48. The molecule has 0 amide bonds. The second kappa shape index (κ2) is 6.86. The number of nitrogens with zero attached hydrogens (tertiary/aromatic N) is 4. The maximum atomic E-state index is 11.7. The van der Waals surface area contributed by atoms with Crippen molar-refractivity contribution in [2.45, 2.75) is 46.4 Å². The molecule has 7 heteroatoms. The lowest BCUT2D eigenvalue weighted by atomic mass is 10.2. The van der Waals surface area contributed by atoms with Crippen LogP contribution in [0.25, 0.3) is 0 Å². The van der Waals surface area contributed by atoms with Gasteiger partial charge in [0.25, 0.3) is 5.56 Å². The molecule has 2 aromatic rings. The second-order valence-corrected chi connectivity index (χ2v) is 6.54. The maximum Gasteiger partial charge on any atom is 0.251 e. The number of rotatable bonds is 4. The number of H-pyrrole nitrogens is 1. The standard InChI is InChI=1S/C17H25N5O2/c1-11-8-16(23)19-17(18-11)14(4)21-5-6-24-15(9-21)10-22-13(3)7-12(2)20-22/h7-8,14-15H,5-6,9-10H2,1-4H3,(H,18,19,23).